The third kappa shape index (κ3) is 7.10. The van der Waals surface area contributed by atoms with Gasteiger partial charge in [-0.25, -0.2) is 12.8 Å². The summed E-state index contributed by atoms with van der Waals surface area (Å²) in [6.07, 6.45) is 0. The lowest BCUT2D eigenvalue weighted by Gasteiger charge is -2.32. The Hall–Kier alpha value is -3.92. The van der Waals surface area contributed by atoms with Gasteiger partial charge in [-0.1, -0.05) is 30.3 Å². The van der Waals surface area contributed by atoms with Crippen LogP contribution < -0.4 is 14.4 Å². The SMILES string of the molecule is COc1cccc(CN(C(=O)CN(c2ccccc2)S(=O)(=O)c2ccc(F)cc2)C(C)C(=O)NC(C)C)c1. The molecule has 0 bridgehead atoms. The fourth-order valence-corrected chi connectivity index (χ4v) is 5.23. The fraction of sp³-hybridized carbons (Fsp3) is 0.286. The second-order valence-electron chi connectivity index (χ2n) is 9.01. The summed E-state index contributed by atoms with van der Waals surface area (Å²) in [4.78, 5) is 27.9. The van der Waals surface area contributed by atoms with Crippen LogP contribution in [0.25, 0.3) is 0 Å². The van der Waals surface area contributed by atoms with Crippen LogP contribution in [0.5, 0.6) is 5.75 Å². The van der Waals surface area contributed by atoms with Crippen LogP contribution in [-0.2, 0) is 26.2 Å². The molecule has 10 heteroatoms. The van der Waals surface area contributed by atoms with E-state index in [1.165, 1.54) is 12.0 Å². The maximum absolute atomic E-state index is 13.8. The van der Waals surface area contributed by atoms with E-state index in [2.05, 4.69) is 5.32 Å². The molecule has 1 N–H and O–H groups in total. The van der Waals surface area contributed by atoms with Crippen molar-refractivity contribution in [2.75, 3.05) is 18.0 Å². The summed E-state index contributed by atoms with van der Waals surface area (Å²) in [5, 5.41) is 2.81. The molecule has 202 valence electrons. The van der Waals surface area contributed by atoms with Crippen LogP contribution in [0.4, 0.5) is 10.1 Å². The van der Waals surface area contributed by atoms with E-state index in [1.807, 2.05) is 13.8 Å². The van der Waals surface area contributed by atoms with E-state index >= 15 is 0 Å². The van der Waals surface area contributed by atoms with Crippen molar-refractivity contribution in [2.45, 2.75) is 44.3 Å². The maximum Gasteiger partial charge on any atom is 0.264 e. The Morgan fingerprint density at radius 2 is 1.61 bits per heavy atom. The molecule has 3 aromatic rings. The van der Waals surface area contributed by atoms with Crippen molar-refractivity contribution in [1.29, 1.82) is 0 Å². The minimum Gasteiger partial charge on any atom is -0.497 e. The first-order chi connectivity index (χ1) is 18.0. The molecule has 0 aliphatic heterocycles. The number of sulfonamides is 1. The Bertz CT molecular complexity index is 1350. The Morgan fingerprint density at radius 1 is 0.947 bits per heavy atom. The summed E-state index contributed by atoms with van der Waals surface area (Å²) >= 11 is 0. The Morgan fingerprint density at radius 3 is 2.21 bits per heavy atom. The molecule has 0 aromatic heterocycles. The topological polar surface area (TPSA) is 96.0 Å². The predicted octanol–water partition coefficient (Wildman–Crippen LogP) is 3.97. The number of hydrogen-bond donors (Lipinski definition) is 1. The van der Waals surface area contributed by atoms with Crippen molar-refractivity contribution >= 4 is 27.5 Å². The van der Waals surface area contributed by atoms with E-state index in [9.17, 15) is 22.4 Å². The summed E-state index contributed by atoms with van der Waals surface area (Å²) in [5.41, 5.74) is 0.959. The summed E-state index contributed by atoms with van der Waals surface area (Å²) in [6, 6.07) is 18.6. The first-order valence-corrected chi connectivity index (χ1v) is 13.5. The smallest absolute Gasteiger partial charge is 0.264 e. The average molecular weight is 542 g/mol. The molecular weight excluding hydrogens is 509 g/mol. The Labute approximate surface area is 223 Å². The van der Waals surface area contributed by atoms with Gasteiger partial charge in [-0.05, 0) is 74.9 Å². The molecule has 1 unspecified atom stereocenters. The lowest BCUT2D eigenvalue weighted by Crippen LogP contribution is -2.52. The van der Waals surface area contributed by atoms with Gasteiger partial charge in [-0.3, -0.25) is 13.9 Å². The number of rotatable bonds is 11. The van der Waals surface area contributed by atoms with Crippen molar-refractivity contribution in [1.82, 2.24) is 10.2 Å². The van der Waals surface area contributed by atoms with Gasteiger partial charge in [0.05, 0.1) is 17.7 Å². The minimum absolute atomic E-state index is 0.0436. The molecular formula is C28H32FN3O5S. The highest BCUT2D eigenvalue weighted by Gasteiger charge is 2.32. The second kappa shape index (κ2) is 12.6. The molecule has 0 radical (unpaired) electrons. The number of benzene rings is 3. The van der Waals surface area contributed by atoms with Crippen LogP contribution in [-0.4, -0.2) is 50.9 Å². The lowest BCUT2D eigenvalue weighted by molar-refractivity contribution is -0.139. The van der Waals surface area contributed by atoms with Crippen molar-refractivity contribution in [3.63, 3.8) is 0 Å². The fourth-order valence-electron chi connectivity index (χ4n) is 3.81. The van der Waals surface area contributed by atoms with Gasteiger partial charge in [0.2, 0.25) is 11.8 Å². The van der Waals surface area contributed by atoms with Gasteiger partial charge in [0.1, 0.15) is 24.2 Å². The zero-order valence-corrected chi connectivity index (χ0v) is 22.6. The van der Waals surface area contributed by atoms with Crippen LogP contribution in [0.3, 0.4) is 0 Å². The van der Waals surface area contributed by atoms with Crippen LogP contribution in [0.15, 0.2) is 83.8 Å². The lowest BCUT2D eigenvalue weighted by atomic mass is 10.1. The summed E-state index contributed by atoms with van der Waals surface area (Å²) < 4.78 is 47.0. The van der Waals surface area contributed by atoms with E-state index in [4.69, 9.17) is 4.74 Å². The number of nitrogens with one attached hydrogen (secondary N) is 1. The highest BCUT2D eigenvalue weighted by Crippen LogP contribution is 2.25. The summed E-state index contributed by atoms with van der Waals surface area (Å²) in [5.74, 6) is -0.961. The molecule has 0 saturated carbocycles. The number of amides is 2. The molecule has 0 fully saturated rings. The molecule has 0 saturated heterocycles. The Balaban J connectivity index is 2.01. The zero-order valence-electron chi connectivity index (χ0n) is 21.8. The minimum atomic E-state index is -4.25. The van der Waals surface area contributed by atoms with Gasteiger partial charge < -0.3 is 15.0 Å². The first kappa shape index (κ1) is 28.6. The van der Waals surface area contributed by atoms with E-state index < -0.39 is 34.3 Å². The molecule has 0 aliphatic rings. The predicted molar refractivity (Wildman–Crippen MR) is 144 cm³/mol. The number of nitrogens with zero attached hydrogens (tertiary/aromatic N) is 2. The second-order valence-corrected chi connectivity index (χ2v) is 10.9. The number of halogens is 1. The maximum atomic E-state index is 13.8. The number of hydrogen-bond acceptors (Lipinski definition) is 5. The van der Waals surface area contributed by atoms with Gasteiger partial charge >= 0.3 is 0 Å². The third-order valence-corrected chi connectivity index (χ3v) is 7.60. The third-order valence-electron chi connectivity index (χ3n) is 5.81. The number of anilines is 1. The van der Waals surface area contributed by atoms with Crippen LogP contribution in [0, 0.1) is 5.82 Å². The van der Waals surface area contributed by atoms with E-state index in [1.54, 1.807) is 61.5 Å². The van der Waals surface area contributed by atoms with Crippen LogP contribution >= 0.6 is 0 Å². The number of ether oxygens (including phenoxy) is 1. The molecule has 38 heavy (non-hydrogen) atoms. The highest BCUT2D eigenvalue weighted by molar-refractivity contribution is 7.92. The van der Waals surface area contributed by atoms with Gasteiger partial charge in [-0.15, -0.1) is 0 Å². The molecule has 3 rings (SSSR count). The van der Waals surface area contributed by atoms with Gasteiger partial charge in [0.25, 0.3) is 10.0 Å². The number of methoxy groups -OCH3 is 1. The van der Waals surface area contributed by atoms with Gasteiger partial charge in [0.15, 0.2) is 0 Å². The summed E-state index contributed by atoms with van der Waals surface area (Å²) in [7, 11) is -2.72. The summed E-state index contributed by atoms with van der Waals surface area (Å²) in [6.45, 7) is 4.68. The molecule has 0 spiro atoms. The van der Waals surface area contributed by atoms with E-state index in [0.29, 0.717) is 11.3 Å². The van der Waals surface area contributed by atoms with Crippen molar-refractivity contribution < 1.29 is 27.1 Å². The standard InChI is InChI=1S/C28H32FN3O5S/c1-20(2)30-28(34)21(3)31(18-22-9-8-12-25(17-22)37-4)27(33)19-32(24-10-6-5-7-11-24)38(35,36)26-15-13-23(29)14-16-26/h5-17,20-21H,18-19H2,1-4H3,(H,30,34). The largest absolute Gasteiger partial charge is 0.497 e. The van der Waals surface area contributed by atoms with Gasteiger partial charge in [-0.2, -0.15) is 0 Å². The van der Waals surface area contributed by atoms with Crippen LogP contribution in [0.1, 0.15) is 26.3 Å². The quantitative estimate of drug-likeness (QED) is 0.396. The first-order valence-electron chi connectivity index (χ1n) is 12.1. The average Bonchev–Trinajstić information content (AvgIpc) is 2.90. The molecule has 0 aliphatic carbocycles. The number of carbonyl (C=O) groups excluding carboxylic acids is 2. The zero-order chi connectivity index (χ0) is 27.9. The van der Waals surface area contributed by atoms with E-state index in [0.717, 1.165) is 28.6 Å². The van der Waals surface area contributed by atoms with Crippen LogP contribution in [0.2, 0.25) is 0 Å². The monoisotopic (exact) mass is 541 g/mol. The van der Waals surface area contributed by atoms with E-state index in [-0.39, 0.29) is 29.1 Å². The van der Waals surface area contributed by atoms with Crippen molar-refractivity contribution in [3.8, 4) is 5.75 Å². The van der Waals surface area contributed by atoms with Crippen molar-refractivity contribution in [3.05, 3.63) is 90.2 Å². The number of carbonyl (C=O) groups is 2. The van der Waals surface area contributed by atoms with Crippen molar-refractivity contribution in [2.24, 2.45) is 0 Å². The molecule has 3 aromatic carbocycles. The Kier molecular flexibility index (Phi) is 9.46. The normalized spacial score (nSPS) is 12.1. The molecule has 1 atom stereocenters. The number of para-hydroxylation sites is 1. The highest BCUT2D eigenvalue weighted by atomic mass is 32.2. The molecule has 2 amide bonds. The van der Waals surface area contributed by atoms with Gasteiger partial charge in [0, 0.05) is 12.6 Å². The molecule has 0 heterocycles. The molecule has 8 nitrogen and oxygen atoms in total.